The van der Waals surface area contributed by atoms with E-state index in [0.29, 0.717) is 46.8 Å². The molecule has 7 nitrogen and oxygen atoms in total. The van der Waals surface area contributed by atoms with E-state index in [1.54, 1.807) is 22.6 Å². The van der Waals surface area contributed by atoms with E-state index in [9.17, 15) is 8.42 Å². The van der Waals surface area contributed by atoms with Crippen molar-refractivity contribution in [3.63, 3.8) is 0 Å². The third-order valence-electron chi connectivity index (χ3n) is 5.11. The number of hydrogen-bond acceptors (Lipinski definition) is 5. The summed E-state index contributed by atoms with van der Waals surface area (Å²) in [7, 11) is -3.41. The first kappa shape index (κ1) is 19.0. The Morgan fingerprint density at radius 1 is 1.07 bits per heavy atom. The van der Waals surface area contributed by atoms with E-state index >= 15 is 0 Å². The molecule has 5 rings (SSSR count). The fraction of sp³-hybridized carbons (Fsp3) is 0.368. The summed E-state index contributed by atoms with van der Waals surface area (Å²) < 4.78 is 34.8. The minimum atomic E-state index is -3.41. The molecule has 0 saturated heterocycles. The largest absolute Gasteiger partial charge is 0.489 e. The maximum atomic E-state index is 12.3. The molecule has 0 aliphatic heterocycles. The van der Waals surface area contributed by atoms with Gasteiger partial charge in [0, 0.05) is 16.2 Å². The van der Waals surface area contributed by atoms with Crippen molar-refractivity contribution in [1.29, 1.82) is 0 Å². The summed E-state index contributed by atoms with van der Waals surface area (Å²) >= 11 is 12.1. The molecular weight excluding hydrogens is 435 g/mol. The fourth-order valence-corrected chi connectivity index (χ4v) is 5.13. The van der Waals surface area contributed by atoms with E-state index in [4.69, 9.17) is 27.9 Å². The molecule has 2 aromatic heterocycles. The van der Waals surface area contributed by atoms with E-state index < -0.39 is 10.0 Å². The minimum Gasteiger partial charge on any atom is -0.489 e. The summed E-state index contributed by atoms with van der Waals surface area (Å²) in [5, 5.41) is 8.87. The van der Waals surface area contributed by atoms with Crippen LogP contribution in [0, 0.1) is 0 Å². The molecule has 0 atom stereocenters. The van der Waals surface area contributed by atoms with Crippen molar-refractivity contribution in [3.05, 3.63) is 51.6 Å². The molecule has 0 spiro atoms. The highest BCUT2D eigenvalue weighted by molar-refractivity contribution is 7.93. The second-order valence-electron chi connectivity index (χ2n) is 7.52. The Kier molecular flexibility index (Phi) is 4.60. The van der Waals surface area contributed by atoms with Gasteiger partial charge in [-0.3, -0.25) is 9.12 Å². The summed E-state index contributed by atoms with van der Waals surface area (Å²) in [5.74, 6) is 1.24. The zero-order chi connectivity index (χ0) is 20.2. The highest BCUT2D eigenvalue weighted by Crippen LogP contribution is 2.42. The topological polar surface area (TPSA) is 85.6 Å². The van der Waals surface area contributed by atoms with Crippen molar-refractivity contribution in [2.24, 2.45) is 0 Å². The Morgan fingerprint density at radius 2 is 1.79 bits per heavy atom. The minimum absolute atomic E-state index is 0.225. The van der Waals surface area contributed by atoms with Gasteiger partial charge in [0.15, 0.2) is 5.65 Å². The summed E-state index contributed by atoms with van der Waals surface area (Å²) in [6.07, 6.45) is 5.48. The number of aromatic nitrogens is 3. The van der Waals surface area contributed by atoms with Crippen LogP contribution in [0.1, 0.15) is 42.7 Å². The number of sulfonamides is 1. The number of halogens is 2. The SMILES string of the molecule is O=S(=O)(Nc1nnc2cc(COc3cc(Cl)cc(Cl)c3)c(C3CC3)cn12)C1CC1. The molecule has 2 aliphatic rings. The van der Waals surface area contributed by atoms with Crippen molar-refractivity contribution < 1.29 is 13.2 Å². The predicted octanol–water partition coefficient (Wildman–Crippen LogP) is 4.40. The van der Waals surface area contributed by atoms with Crippen LogP contribution in [-0.2, 0) is 16.6 Å². The smallest absolute Gasteiger partial charge is 0.242 e. The van der Waals surface area contributed by atoms with Crippen LogP contribution in [0.25, 0.3) is 5.65 Å². The van der Waals surface area contributed by atoms with Crippen molar-refractivity contribution in [2.75, 3.05) is 4.72 Å². The molecule has 0 amide bonds. The maximum absolute atomic E-state index is 12.3. The van der Waals surface area contributed by atoms with Crippen LogP contribution in [0.5, 0.6) is 5.75 Å². The van der Waals surface area contributed by atoms with E-state index in [0.717, 1.165) is 24.0 Å². The Bertz CT molecular complexity index is 1180. The lowest BCUT2D eigenvalue weighted by molar-refractivity contribution is 0.305. The number of ether oxygens (including phenoxy) is 1. The predicted molar refractivity (Wildman–Crippen MR) is 111 cm³/mol. The number of rotatable bonds is 7. The van der Waals surface area contributed by atoms with Gasteiger partial charge in [-0.05, 0) is 67.0 Å². The first-order valence-electron chi connectivity index (χ1n) is 9.37. The second-order valence-corrected chi connectivity index (χ2v) is 10.4. The first-order chi connectivity index (χ1) is 13.9. The third-order valence-corrected chi connectivity index (χ3v) is 7.36. The molecule has 0 bridgehead atoms. The van der Waals surface area contributed by atoms with Crippen molar-refractivity contribution >= 4 is 44.8 Å². The normalized spacial score (nSPS) is 16.9. The number of nitrogens with one attached hydrogen (secondary N) is 1. The highest BCUT2D eigenvalue weighted by atomic mass is 35.5. The number of benzene rings is 1. The van der Waals surface area contributed by atoms with Gasteiger partial charge in [0.2, 0.25) is 16.0 Å². The van der Waals surface area contributed by atoms with Gasteiger partial charge in [0.25, 0.3) is 0 Å². The Balaban J connectivity index is 1.45. The van der Waals surface area contributed by atoms with Crippen molar-refractivity contribution in [1.82, 2.24) is 14.6 Å². The van der Waals surface area contributed by atoms with E-state index in [2.05, 4.69) is 14.9 Å². The molecule has 3 aromatic rings. The zero-order valence-corrected chi connectivity index (χ0v) is 17.6. The van der Waals surface area contributed by atoms with Gasteiger partial charge < -0.3 is 4.74 Å². The average molecular weight is 453 g/mol. The number of nitrogens with zero attached hydrogens (tertiary/aromatic N) is 3. The lowest BCUT2D eigenvalue weighted by Gasteiger charge is -2.13. The van der Waals surface area contributed by atoms with Crippen LogP contribution in [0.15, 0.2) is 30.5 Å². The molecule has 29 heavy (non-hydrogen) atoms. The molecule has 0 radical (unpaired) electrons. The molecule has 1 aromatic carbocycles. The van der Waals surface area contributed by atoms with Crippen LogP contribution in [0.2, 0.25) is 10.0 Å². The Morgan fingerprint density at radius 3 is 2.45 bits per heavy atom. The molecule has 0 unspecified atom stereocenters. The van der Waals surface area contributed by atoms with Gasteiger partial charge in [-0.2, -0.15) is 0 Å². The van der Waals surface area contributed by atoms with Crippen molar-refractivity contribution in [2.45, 2.75) is 43.5 Å². The lowest BCUT2D eigenvalue weighted by Crippen LogP contribution is -2.19. The molecule has 1 N–H and O–H groups in total. The standard InChI is InChI=1S/C19H18Cl2N4O3S/c20-13-6-14(21)8-15(7-13)28-10-12-5-18-22-23-19(24-29(26,27)16-3-4-16)25(18)9-17(12)11-1-2-11/h5-9,11,16H,1-4,10H2,(H,23,24). The molecule has 10 heteroatoms. The third kappa shape index (κ3) is 4.01. The van der Waals surface area contributed by atoms with Gasteiger partial charge in [0.1, 0.15) is 12.4 Å². The quantitative estimate of drug-likeness (QED) is 0.573. The molecule has 2 fully saturated rings. The summed E-state index contributed by atoms with van der Waals surface area (Å²) in [4.78, 5) is 0. The molecule has 2 saturated carbocycles. The molecule has 2 aliphatic carbocycles. The second kappa shape index (κ2) is 7.04. The fourth-order valence-electron chi connectivity index (χ4n) is 3.31. The monoisotopic (exact) mass is 452 g/mol. The van der Waals surface area contributed by atoms with E-state index in [1.165, 1.54) is 0 Å². The summed E-state index contributed by atoms with van der Waals surface area (Å²) in [6, 6.07) is 6.97. The molecule has 2 heterocycles. The van der Waals surface area contributed by atoms with Crippen LogP contribution >= 0.6 is 23.2 Å². The number of fused-ring (bicyclic) bond motifs is 1. The lowest BCUT2D eigenvalue weighted by atomic mass is 10.1. The first-order valence-corrected chi connectivity index (χ1v) is 11.7. The van der Waals surface area contributed by atoms with Crippen LogP contribution in [0.4, 0.5) is 5.95 Å². The van der Waals surface area contributed by atoms with Crippen molar-refractivity contribution in [3.8, 4) is 5.75 Å². The van der Waals surface area contributed by atoms with Crippen LogP contribution in [0.3, 0.4) is 0 Å². The van der Waals surface area contributed by atoms with Gasteiger partial charge in [-0.1, -0.05) is 23.2 Å². The van der Waals surface area contributed by atoms with Gasteiger partial charge in [0.05, 0.1) is 5.25 Å². The van der Waals surface area contributed by atoms with E-state index in [1.807, 2.05) is 12.3 Å². The van der Waals surface area contributed by atoms with E-state index in [-0.39, 0.29) is 11.2 Å². The zero-order valence-electron chi connectivity index (χ0n) is 15.3. The Labute approximate surface area is 178 Å². The van der Waals surface area contributed by atoms with Gasteiger partial charge >= 0.3 is 0 Å². The Hall–Kier alpha value is -2.03. The molecular formula is C19H18Cl2N4O3S. The van der Waals surface area contributed by atoms with Crippen LogP contribution in [-0.4, -0.2) is 28.3 Å². The number of hydrogen-bond donors (Lipinski definition) is 1. The summed E-state index contributed by atoms with van der Waals surface area (Å²) in [5.41, 5.74) is 2.66. The number of anilines is 1. The summed E-state index contributed by atoms with van der Waals surface area (Å²) in [6.45, 7) is 0.328. The highest BCUT2D eigenvalue weighted by Gasteiger charge is 2.36. The van der Waals surface area contributed by atoms with Crippen LogP contribution < -0.4 is 9.46 Å². The maximum Gasteiger partial charge on any atom is 0.242 e. The molecule has 152 valence electrons. The average Bonchev–Trinajstić information content (AvgIpc) is 3.56. The number of pyridine rings is 1. The van der Waals surface area contributed by atoms with Gasteiger partial charge in [-0.25, -0.2) is 8.42 Å². The van der Waals surface area contributed by atoms with Gasteiger partial charge in [-0.15, -0.1) is 10.2 Å².